The second-order valence-electron chi connectivity index (χ2n) is 5.17. The summed E-state index contributed by atoms with van der Waals surface area (Å²) in [5, 5.41) is 1.07. The summed E-state index contributed by atoms with van der Waals surface area (Å²) in [5.74, 6) is 0. The van der Waals surface area contributed by atoms with Crippen LogP contribution in [0.15, 0.2) is 0 Å². The molecular formula is C14H34BrKO4. The number of hydrogen-bond donors (Lipinski definition) is 0. The van der Waals surface area contributed by atoms with Gasteiger partial charge in [0.15, 0.2) is 0 Å². The minimum absolute atomic E-state index is 0. The van der Waals surface area contributed by atoms with Crippen molar-refractivity contribution in [3.05, 3.63) is 0 Å². The first kappa shape index (κ1) is 33.5. The molecule has 2 heterocycles. The van der Waals surface area contributed by atoms with Crippen LogP contribution in [0.3, 0.4) is 0 Å². The fourth-order valence-electron chi connectivity index (χ4n) is 1.41. The van der Waals surface area contributed by atoms with Crippen molar-refractivity contribution in [1.82, 2.24) is 0 Å². The fourth-order valence-corrected chi connectivity index (χ4v) is 1.73. The number of ether oxygens (including phenoxy) is 3. The molecule has 0 spiro atoms. The van der Waals surface area contributed by atoms with Crippen molar-refractivity contribution in [2.24, 2.45) is 10.8 Å². The van der Waals surface area contributed by atoms with Crippen molar-refractivity contribution in [2.75, 3.05) is 45.5 Å². The van der Waals surface area contributed by atoms with E-state index < -0.39 is 0 Å². The summed E-state index contributed by atoms with van der Waals surface area (Å²) in [6.07, 6.45) is 0. The third-order valence-electron chi connectivity index (χ3n) is 2.62. The Morgan fingerprint density at radius 2 is 1.30 bits per heavy atom. The van der Waals surface area contributed by atoms with E-state index >= 15 is 0 Å². The van der Waals surface area contributed by atoms with Crippen molar-refractivity contribution in [1.29, 1.82) is 0 Å². The average molecular weight is 385 g/mol. The van der Waals surface area contributed by atoms with Crippen LogP contribution in [0.1, 0.15) is 36.1 Å². The maximum absolute atomic E-state index is 5.01. The predicted molar refractivity (Wildman–Crippen MR) is 85.7 cm³/mol. The van der Waals surface area contributed by atoms with Crippen LogP contribution in [-0.2, 0) is 14.2 Å². The van der Waals surface area contributed by atoms with Gasteiger partial charge in [-0.2, -0.15) is 0 Å². The van der Waals surface area contributed by atoms with Crippen LogP contribution in [-0.4, -0.2) is 51.0 Å². The molecule has 0 saturated carbocycles. The Labute approximate surface area is 177 Å². The van der Waals surface area contributed by atoms with E-state index in [0.29, 0.717) is 10.8 Å². The molecule has 2 aliphatic rings. The fraction of sp³-hybridized carbons (Fsp3) is 1.00. The van der Waals surface area contributed by atoms with E-state index in [1.165, 1.54) is 0 Å². The van der Waals surface area contributed by atoms with Crippen LogP contribution in [0.25, 0.3) is 0 Å². The van der Waals surface area contributed by atoms with E-state index in [2.05, 4.69) is 29.8 Å². The molecule has 6 heteroatoms. The molecule has 0 amide bonds. The number of halogens is 1. The molecule has 0 atom stereocenters. The molecule has 0 aromatic carbocycles. The van der Waals surface area contributed by atoms with Gasteiger partial charge in [-0.25, -0.2) is 0 Å². The Balaban J connectivity index is -0.0000000603. The molecule has 0 aliphatic carbocycles. The van der Waals surface area contributed by atoms with E-state index in [1.807, 2.05) is 0 Å². The molecule has 0 radical (unpaired) electrons. The summed E-state index contributed by atoms with van der Waals surface area (Å²) in [6.45, 7) is 8.79. The van der Waals surface area contributed by atoms with Crippen LogP contribution >= 0.6 is 15.9 Å². The van der Waals surface area contributed by atoms with Gasteiger partial charge in [0.05, 0.1) is 33.0 Å². The van der Waals surface area contributed by atoms with Crippen molar-refractivity contribution in [3.63, 3.8) is 0 Å². The Hall–Kier alpha value is 1.96. The maximum Gasteiger partial charge on any atom is 1.00 e. The summed E-state index contributed by atoms with van der Waals surface area (Å²) in [4.78, 5) is 0. The second kappa shape index (κ2) is 15.8. The van der Waals surface area contributed by atoms with E-state index in [9.17, 15) is 0 Å². The minimum Gasteiger partial charge on any atom is -0.870 e. The third-order valence-corrected chi connectivity index (χ3v) is 3.97. The Bertz CT molecular complexity index is 192. The van der Waals surface area contributed by atoms with Gasteiger partial charge in [0, 0.05) is 23.3 Å². The van der Waals surface area contributed by atoms with Gasteiger partial charge in [-0.1, -0.05) is 52.1 Å². The molecular weight excluding hydrogens is 351 g/mol. The monoisotopic (exact) mass is 384 g/mol. The zero-order valence-corrected chi connectivity index (χ0v) is 16.0. The molecule has 0 aromatic rings. The maximum atomic E-state index is 5.01. The Morgan fingerprint density at radius 3 is 1.35 bits per heavy atom. The van der Waals surface area contributed by atoms with Gasteiger partial charge < -0.3 is 19.7 Å². The van der Waals surface area contributed by atoms with Gasteiger partial charge in [-0.15, -0.1) is 0 Å². The van der Waals surface area contributed by atoms with Gasteiger partial charge in [-0.05, 0) is 0 Å². The smallest absolute Gasteiger partial charge is 0.870 e. The molecule has 2 fully saturated rings. The van der Waals surface area contributed by atoms with Crippen molar-refractivity contribution < 1.29 is 71.1 Å². The molecule has 122 valence electrons. The predicted octanol–water partition coefficient (Wildman–Crippen LogP) is 0.823. The van der Waals surface area contributed by atoms with Crippen LogP contribution in [0.4, 0.5) is 0 Å². The topological polar surface area (TPSA) is 57.7 Å². The van der Waals surface area contributed by atoms with Gasteiger partial charge in [0.1, 0.15) is 0 Å². The van der Waals surface area contributed by atoms with Crippen LogP contribution < -0.4 is 51.4 Å². The molecule has 0 bridgehead atoms. The molecule has 4 nitrogen and oxygen atoms in total. The zero-order chi connectivity index (χ0) is 11.4. The van der Waals surface area contributed by atoms with Gasteiger partial charge in [-0.3, -0.25) is 0 Å². The zero-order valence-electron chi connectivity index (χ0n) is 11.3. The van der Waals surface area contributed by atoms with E-state index in [0.717, 1.165) is 38.4 Å². The SMILES string of the molecule is C.C.C.CC1(CBr)COC1.COCC1(C)COC1.[K+].[OH-]. The normalized spacial score (nSPS) is 19.2. The van der Waals surface area contributed by atoms with Crippen LogP contribution in [0.2, 0.25) is 0 Å². The van der Waals surface area contributed by atoms with Gasteiger partial charge in [0.2, 0.25) is 0 Å². The number of alkyl halides is 1. The average Bonchev–Trinajstić information content (AvgIpc) is 2.13. The summed E-state index contributed by atoms with van der Waals surface area (Å²) in [6, 6.07) is 0. The van der Waals surface area contributed by atoms with E-state index in [1.54, 1.807) is 7.11 Å². The summed E-state index contributed by atoms with van der Waals surface area (Å²) < 4.78 is 15.0. The second-order valence-corrected chi connectivity index (χ2v) is 5.73. The van der Waals surface area contributed by atoms with E-state index in [-0.39, 0.29) is 79.1 Å². The number of methoxy groups -OCH3 is 1. The van der Waals surface area contributed by atoms with Gasteiger partial charge >= 0.3 is 51.4 Å². The minimum atomic E-state index is 0. The molecule has 0 unspecified atom stereocenters. The molecule has 1 N–H and O–H groups in total. The number of hydrogen-bond acceptors (Lipinski definition) is 4. The molecule has 2 saturated heterocycles. The summed E-state index contributed by atoms with van der Waals surface area (Å²) in [7, 11) is 1.73. The summed E-state index contributed by atoms with van der Waals surface area (Å²) >= 11 is 3.40. The third kappa shape index (κ3) is 11.5. The van der Waals surface area contributed by atoms with E-state index in [4.69, 9.17) is 14.2 Å². The molecule has 0 aromatic heterocycles. The van der Waals surface area contributed by atoms with Crippen molar-refractivity contribution in [2.45, 2.75) is 36.1 Å². The molecule has 2 rings (SSSR count). The van der Waals surface area contributed by atoms with Crippen molar-refractivity contribution >= 4 is 15.9 Å². The first-order valence-corrected chi connectivity index (χ1v) is 6.36. The van der Waals surface area contributed by atoms with Crippen molar-refractivity contribution in [3.8, 4) is 0 Å². The first-order valence-electron chi connectivity index (χ1n) is 5.24. The number of rotatable bonds is 3. The largest absolute Gasteiger partial charge is 1.00 e. The summed E-state index contributed by atoms with van der Waals surface area (Å²) in [5.41, 5.74) is 0.786. The standard InChI is InChI=1S/C6H12O2.C5H9BrO.3CH4.K.H2O/c1-6(3-7-2)4-8-5-6;1-5(2-6)3-7-4-5;;;;;/h3-5H2,1-2H3;2-4H2,1H3;3*1H4;;1H2/q;;;;;+1;/p-1. The van der Waals surface area contributed by atoms with Crippen LogP contribution in [0, 0.1) is 10.8 Å². The Morgan fingerprint density at radius 1 is 0.950 bits per heavy atom. The Kier molecular flexibility index (Phi) is 26.6. The quantitative estimate of drug-likeness (QED) is 0.533. The first-order chi connectivity index (χ1) is 7.04. The van der Waals surface area contributed by atoms with Gasteiger partial charge in [0.25, 0.3) is 0 Å². The van der Waals surface area contributed by atoms with Crippen LogP contribution in [0.5, 0.6) is 0 Å². The molecule has 20 heavy (non-hydrogen) atoms. The molecule has 2 aliphatic heterocycles.